The van der Waals surface area contributed by atoms with E-state index >= 15 is 0 Å². The number of nitrogens with zero attached hydrogens (tertiary/aromatic N) is 1. The maximum absolute atomic E-state index is 12.5. The Morgan fingerprint density at radius 1 is 1.08 bits per heavy atom. The number of esters is 1. The minimum absolute atomic E-state index is 0.00186. The number of hydrogen-bond acceptors (Lipinski definition) is 5. The Morgan fingerprint density at radius 2 is 1.76 bits per heavy atom. The van der Waals surface area contributed by atoms with Gasteiger partial charge in [-0.1, -0.05) is 24.3 Å². The molecule has 0 aliphatic heterocycles. The minimum Gasteiger partial charge on any atom is -0.464 e. The van der Waals surface area contributed by atoms with Crippen molar-refractivity contribution in [2.75, 3.05) is 7.11 Å². The first-order valence-corrected chi connectivity index (χ1v) is 7.32. The lowest BCUT2D eigenvalue weighted by Crippen LogP contribution is -2.28. The third-order valence-electron chi connectivity index (χ3n) is 3.33. The van der Waals surface area contributed by atoms with Crippen molar-refractivity contribution in [2.45, 2.75) is 19.6 Å². The van der Waals surface area contributed by atoms with Crippen LogP contribution >= 0.6 is 0 Å². The predicted octanol–water partition coefficient (Wildman–Crippen LogP) is 2.96. The number of benzene rings is 1. The number of nitrogens with one attached hydrogen (secondary N) is 1. The highest BCUT2D eigenvalue weighted by molar-refractivity contribution is 5.94. The first kappa shape index (κ1) is 18.3. The van der Waals surface area contributed by atoms with E-state index in [1.54, 1.807) is 25.1 Å². The first-order valence-electron chi connectivity index (χ1n) is 7.32. The number of para-hydroxylation sites is 1. The van der Waals surface area contributed by atoms with Gasteiger partial charge in [-0.05, 0) is 25.1 Å². The monoisotopic (exact) mass is 350 g/mol. The molecule has 1 atom stereocenters. The molecule has 0 bridgehead atoms. The van der Waals surface area contributed by atoms with Gasteiger partial charge in [0, 0.05) is 5.56 Å². The Morgan fingerprint density at radius 3 is 2.44 bits per heavy atom. The summed E-state index contributed by atoms with van der Waals surface area (Å²) in [6, 6.07) is 9.87. The lowest BCUT2D eigenvalue weighted by molar-refractivity contribution is -0.0506. The number of rotatable bonds is 6. The van der Waals surface area contributed by atoms with Crippen molar-refractivity contribution in [3.05, 3.63) is 59.4 Å². The van der Waals surface area contributed by atoms with Crippen molar-refractivity contribution in [3.63, 3.8) is 0 Å². The van der Waals surface area contributed by atoms with E-state index in [2.05, 4.69) is 19.8 Å². The van der Waals surface area contributed by atoms with Crippen LogP contribution in [0.25, 0.3) is 0 Å². The summed E-state index contributed by atoms with van der Waals surface area (Å²) in [5, 5.41) is 2.63. The molecule has 0 fully saturated rings. The van der Waals surface area contributed by atoms with Gasteiger partial charge in [-0.25, -0.2) is 9.78 Å². The van der Waals surface area contributed by atoms with Crippen LogP contribution in [0.3, 0.4) is 0 Å². The van der Waals surface area contributed by atoms with E-state index in [1.807, 2.05) is 0 Å². The maximum atomic E-state index is 12.5. The molecular formula is C17H16F2N2O4. The number of halogens is 2. The number of hydrogen-bond donors (Lipinski definition) is 1. The van der Waals surface area contributed by atoms with E-state index in [4.69, 9.17) is 0 Å². The predicted molar refractivity (Wildman–Crippen MR) is 84.5 cm³/mol. The summed E-state index contributed by atoms with van der Waals surface area (Å²) in [7, 11) is 1.21. The molecule has 0 spiro atoms. The quantitative estimate of drug-likeness (QED) is 0.811. The third-order valence-corrected chi connectivity index (χ3v) is 3.33. The Hall–Kier alpha value is -3.03. The van der Waals surface area contributed by atoms with Gasteiger partial charge in [-0.2, -0.15) is 8.78 Å². The molecule has 0 aliphatic rings. The molecule has 0 saturated heterocycles. The normalized spacial score (nSPS) is 11.7. The lowest BCUT2D eigenvalue weighted by Gasteiger charge is -2.18. The summed E-state index contributed by atoms with van der Waals surface area (Å²) in [6.07, 6.45) is 0. The molecule has 0 radical (unpaired) electrons. The summed E-state index contributed by atoms with van der Waals surface area (Å²) in [4.78, 5) is 27.7. The van der Waals surface area contributed by atoms with Crippen LogP contribution in [0.4, 0.5) is 8.78 Å². The minimum atomic E-state index is -2.97. The zero-order valence-electron chi connectivity index (χ0n) is 13.5. The van der Waals surface area contributed by atoms with Gasteiger partial charge in [-0.3, -0.25) is 4.79 Å². The summed E-state index contributed by atoms with van der Waals surface area (Å²) in [5.74, 6) is -1.26. The average Bonchev–Trinajstić information content (AvgIpc) is 2.61. The van der Waals surface area contributed by atoms with E-state index in [-0.39, 0.29) is 17.1 Å². The number of alkyl halides is 2. The van der Waals surface area contributed by atoms with Crippen LogP contribution in [-0.2, 0) is 4.74 Å². The van der Waals surface area contributed by atoms with E-state index < -0.39 is 24.5 Å². The zero-order chi connectivity index (χ0) is 18.4. The maximum Gasteiger partial charge on any atom is 0.387 e. The molecule has 1 aromatic carbocycles. The fraction of sp³-hybridized carbons (Fsp3) is 0.235. The van der Waals surface area contributed by atoms with Gasteiger partial charge in [0.1, 0.15) is 17.1 Å². The average molecular weight is 350 g/mol. The zero-order valence-corrected chi connectivity index (χ0v) is 13.5. The van der Waals surface area contributed by atoms with Gasteiger partial charge >= 0.3 is 12.6 Å². The van der Waals surface area contributed by atoms with Crippen molar-refractivity contribution in [1.29, 1.82) is 0 Å². The Kier molecular flexibility index (Phi) is 5.99. The molecule has 2 rings (SSSR count). The van der Waals surface area contributed by atoms with Gasteiger partial charge in [0.25, 0.3) is 5.91 Å². The molecule has 2 aromatic rings. The number of carbonyl (C=O) groups excluding carboxylic acids is 2. The van der Waals surface area contributed by atoms with Crippen LogP contribution < -0.4 is 10.1 Å². The highest BCUT2D eigenvalue weighted by atomic mass is 19.3. The van der Waals surface area contributed by atoms with E-state index in [0.717, 1.165) is 0 Å². The van der Waals surface area contributed by atoms with E-state index in [1.165, 1.54) is 31.4 Å². The Labute approximate surface area is 142 Å². The number of aromatic nitrogens is 1. The molecule has 0 unspecified atom stereocenters. The topological polar surface area (TPSA) is 77.5 Å². The molecule has 1 heterocycles. The number of ether oxygens (including phenoxy) is 2. The molecule has 8 heteroatoms. The van der Waals surface area contributed by atoms with Crippen LogP contribution in [-0.4, -0.2) is 30.6 Å². The Bertz CT molecular complexity index is 768. The fourth-order valence-corrected chi connectivity index (χ4v) is 2.17. The number of carbonyl (C=O) groups is 2. The molecule has 0 saturated carbocycles. The molecule has 0 aliphatic carbocycles. The largest absolute Gasteiger partial charge is 0.464 e. The smallest absolute Gasteiger partial charge is 0.387 e. The second kappa shape index (κ2) is 8.18. The van der Waals surface area contributed by atoms with Gasteiger partial charge < -0.3 is 14.8 Å². The second-order valence-electron chi connectivity index (χ2n) is 5.01. The van der Waals surface area contributed by atoms with Crippen LogP contribution in [0.2, 0.25) is 0 Å². The highest BCUT2D eigenvalue weighted by Crippen LogP contribution is 2.26. The Balaban J connectivity index is 2.17. The van der Waals surface area contributed by atoms with Crippen LogP contribution in [0, 0.1) is 0 Å². The molecule has 1 N–H and O–H groups in total. The van der Waals surface area contributed by atoms with Crippen LogP contribution in [0.15, 0.2) is 42.5 Å². The number of methoxy groups -OCH3 is 1. The summed E-state index contributed by atoms with van der Waals surface area (Å²) in [5.41, 5.74) is 0.381. The van der Waals surface area contributed by atoms with Crippen molar-refractivity contribution >= 4 is 11.9 Å². The second-order valence-corrected chi connectivity index (χ2v) is 5.01. The molecule has 132 valence electrons. The summed E-state index contributed by atoms with van der Waals surface area (Å²) < 4.78 is 34.0. The van der Waals surface area contributed by atoms with Crippen molar-refractivity contribution in [3.8, 4) is 5.75 Å². The van der Waals surface area contributed by atoms with Crippen LogP contribution in [0.1, 0.15) is 39.5 Å². The standard InChI is InChI=1S/C17H16F2N2O4/c1-10(11-6-3-4-9-14(11)25-17(18)19)20-15(22)12-7-5-8-13(21-12)16(23)24-2/h3-10,17H,1-2H3,(H,20,22)/t10-/m0/s1. The van der Waals surface area contributed by atoms with Gasteiger partial charge in [0.2, 0.25) is 0 Å². The third kappa shape index (κ3) is 4.72. The lowest BCUT2D eigenvalue weighted by atomic mass is 10.1. The molecular weight excluding hydrogens is 334 g/mol. The highest BCUT2D eigenvalue weighted by Gasteiger charge is 2.18. The number of pyridine rings is 1. The molecule has 6 nitrogen and oxygen atoms in total. The van der Waals surface area contributed by atoms with Crippen molar-refractivity contribution in [1.82, 2.24) is 10.3 Å². The van der Waals surface area contributed by atoms with Gasteiger partial charge in [0.15, 0.2) is 0 Å². The molecule has 1 amide bonds. The van der Waals surface area contributed by atoms with Crippen molar-refractivity contribution in [2.24, 2.45) is 0 Å². The fourth-order valence-electron chi connectivity index (χ4n) is 2.17. The van der Waals surface area contributed by atoms with E-state index in [0.29, 0.717) is 5.56 Å². The SMILES string of the molecule is COC(=O)c1cccc(C(=O)N[C@@H](C)c2ccccc2OC(F)F)n1. The number of amides is 1. The van der Waals surface area contributed by atoms with E-state index in [9.17, 15) is 18.4 Å². The molecule has 1 aromatic heterocycles. The summed E-state index contributed by atoms with van der Waals surface area (Å²) >= 11 is 0. The first-order chi connectivity index (χ1) is 11.9. The van der Waals surface area contributed by atoms with Gasteiger partial charge in [0.05, 0.1) is 13.2 Å². The van der Waals surface area contributed by atoms with Gasteiger partial charge in [-0.15, -0.1) is 0 Å². The van der Waals surface area contributed by atoms with Crippen molar-refractivity contribution < 1.29 is 27.8 Å². The summed E-state index contributed by atoms with van der Waals surface area (Å²) in [6.45, 7) is -1.35. The molecule has 25 heavy (non-hydrogen) atoms. The van der Waals surface area contributed by atoms with Crippen LogP contribution in [0.5, 0.6) is 5.75 Å².